The number of allylic oxidation sites excluding steroid dienone is 2. The maximum atomic E-state index is 13.2. The number of nitrogens with two attached hydrogens (primary N) is 1. The molecular formula is C24H20N2O4. The van der Waals surface area contributed by atoms with E-state index in [9.17, 15) is 9.90 Å². The number of benzene rings is 3. The molecule has 0 spiro atoms. The van der Waals surface area contributed by atoms with Crippen LogP contribution in [-0.4, -0.2) is 30.8 Å². The fraction of sp³-hybridized carbons (Fsp3) is 0.0833. The number of carbonyl (C=O) groups is 1. The third kappa shape index (κ3) is 3.08. The van der Waals surface area contributed by atoms with E-state index >= 15 is 0 Å². The fourth-order valence-corrected chi connectivity index (χ4v) is 3.59. The van der Waals surface area contributed by atoms with Crippen LogP contribution in [0.25, 0.3) is 16.7 Å². The molecule has 4 rings (SSSR count). The van der Waals surface area contributed by atoms with E-state index in [0.717, 1.165) is 0 Å². The van der Waals surface area contributed by atoms with E-state index in [1.807, 2.05) is 0 Å². The molecule has 3 aromatic rings. The van der Waals surface area contributed by atoms with Gasteiger partial charge in [-0.25, -0.2) is 0 Å². The van der Waals surface area contributed by atoms with Gasteiger partial charge in [0.2, 0.25) is 0 Å². The summed E-state index contributed by atoms with van der Waals surface area (Å²) in [5, 5.41) is 19.4. The lowest BCUT2D eigenvalue weighted by molar-refractivity contribution is 0.105. The number of rotatable bonds is 4. The first-order valence-corrected chi connectivity index (χ1v) is 9.24. The average molecular weight is 400 g/mol. The quantitative estimate of drug-likeness (QED) is 0.447. The Hall–Kier alpha value is -4.06. The highest BCUT2D eigenvalue weighted by molar-refractivity contribution is 6.41. The van der Waals surface area contributed by atoms with Crippen molar-refractivity contribution in [3.05, 3.63) is 77.4 Å². The molecule has 0 bridgehead atoms. The van der Waals surface area contributed by atoms with Crippen molar-refractivity contribution in [2.45, 2.75) is 0 Å². The van der Waals surface area contributed by atoms with Gasteiger partial charge in [0.1, 0.15) is 17.2 Å². The predicted octanol–water partition coefficient (Wildman–Crippen LogP) is 4.31. The van der Waals surface area contributed by atoms with E-state index in [1.54, 1.807) is 68.8 Å². The lowest BCUT2D eigenvalue weighted by Gasteiger charge is -2.22. The molecule has 1 aliphatic rings. The first kappa shape index (κ1) is 19.3. The van der Waals surface area contributed by atoms with Crippen LogP contribution >= 0.6 is 0 Å². The minimum absolute atomic E-state index is 0.0231. The molecule has 1 aliphatic carbocycles. The SMILES string of the molecule is COc1ccc(C2=CC(=N)c3c(O)c(-c4ccc(OC)cc4)cc(N)c3C2=O)cc1. The Morgan fingerprint density at radius 3 is 1.93 bits per heavy atom. The Labute approximate surface area is 173 Å². The van der Waals surface area contributed by atoms with Crippen LogP contribution in [0.2, 0.25) is 0 Å². The van der Waals surface area contributed by atoms with Crippen molar-refractivity contribution < 1.29 is 19.4 Å². The van der Waals surface area contributed by atoms with Gasteiger partial charge < -0.3 is 25.7 Å². The third-order valence-electron chi connectivity index (χ3n) is 5.16. The molecule has 0 radical (unpaired) electrons. The maximum absolute atomic E-state index is 13.2. The lowest BCUT2D eigenvalue weighted by Crippen LogP contribution is -2.19. The maximum Gasteiger partial charge on any atom is 0.196 e. The summed E-state index contributed by atoms with van der Waals surface area (Å²) in [6.07, 6.45) is 1.46. The van der Waals surface area contributed by atoms with Crippen molar-refractivity contribution in [2.75, 3.05) is 20.0 Å². The van der Waals surface area contributed by atoms with Crippen molar-refractivity contribution >= 4 is 22.8 Å². The minimum atomic E-state index is -0.333. The normalized spacial score (nSPS) is 12.9. The number of anilines is 1. The van der Waals surface area contributed by atoms with Crippen LogP contribution in [0.4, 0.5) is 5.69 Å². The second kappa shape index (κ2) is 7.40. The summed E-state index contributed by atoms with van der Waals surface area (Å²) >= 11 is 0. The van der Waals surface area contributed by atoms with Crippen LogP contribution in [0.5, 0.6) is 17.2 Å². The predicted molar refractivity (Wildman–Crippen MR) is 117 cm³/mol. The number of nitrogen functional groups attached to an aromatic ring is 1. The van der Waals surface area contributed by atoms with Gasteiger partial charge in [0.15, 0.2) is 5.78 Å². The van der Waals surface area contributed by atoms with Crippen LogP contribution in [0, 0.1) is 5.41 Å². The summed E-state index contributed by atoms with van der Waals surface area (Å²) < 4.78 is 10.3. The number of aromatic hydroxyl groups is 1. The van der Waals surface area contributed by atoms with Gasteiger partial charge in [-0.15, -0.1) is 0 Å². The Morgan fingerprint density at radius 2 is 1.40 bits per heavy atom. The highest BCUT2D eigenvalue weighted by Gasteiger charge is 2.31. The third-order valence-corrected chi connectivity index (χ3v) is 5.16. The Balaban J connectivity index is 1.82. The molecule has 0 aliphatic heterocycles. The average Bonchev–Trinajstić information content (AvgIpc) is 2.77. The number of phenols is 1. The molecule has 6 heteroatoms. The van der Waals surface area contributed by atoms with Crippen LogP contribution in [0.3, 0.4) is 0 Å². The summed E-state index contributed by atoms with van der Waals surface area (Å²) in [6, 6.07) is 15.7. The van der Waals surface area contributed by atoms with Gasteiger partial charge in [0.25, 0.3) is 0 Å². The molecule has 150 valence electrons. The number of hydrogen-bond donors (Lipinski definition) is 3. The number of methoxy groups -OCH3 is 2. The molecule has 0 atom stereocenters. The molecule has 0 fully saturated rings. The Bertz CT molecular complexity index is 1190. The summed E-state index contributed by atoms with van der Waals surface area (Å²) in [7, 11) is 3.14. The number of carbonyl (C=O) groups excluding carboxylic acids is 1. The number of hydrogen-bond acceptors (Lipinski definition) is 6. The molecule has 6 nitrogen and oxygen atoms in total. The summed E-state index contributed by atoms with van der Waals surface area (Å²) in [5.74, 6) is 0.867. The Kier molecular flexibility index (Phi) is 4.75. The summed E-state index contributed by atoms with van der Waals surface area (Å²) in [6.45, 7) is 0. The zero-order chi connectivity index (χ0) is 21.4. The van der Waals surface area contributed by atoms with Gasteiger partial charge in [-0.2, -0.15) is 0 Å². The fourth-order valence-electron chi connectivity index (χ4n) is 3.59. The van der Waals surface area contributed by atoms with E-state index in [0.29, 0.717) is 33.8 Å². The van der Waals surface area contributed by atoms with Gasteiger partial charge in [-0.05, 0) is 47.5 Å². The van der Waals surface area contributed by atoms with Gasteiger partial charge in [0, 0.05) is 16.8 Å². The highest BCUT2D eigenvalue weighted by atomic mass is 16.5. The molecule has 30 heavy (non-hydrogen) atoms. The zero-order valence-electron chi connectivity index (χ0n) is 16.5. The van der Waals surface area contributed by atoms with Crippen LogP contribution in [-0.2, 0) is 0 Å². The number of fused-ring (bicyclic) bond motifs is 1. The second-order valence-electron chi connectivity index (χ2n) is 6.87. The van der Waals surface area contributed by atoms with E-state index in [-0.39, 0.29) is 34.1 Å². The molecule has 3 aromatic carbocycles. The molecule has 4 N–H and O–H groups in total. The minimum Gasteiger partial charge on any atom is -0.507 e. The Morgan fingerprint density at radius 1 is 0.867 bits per heavy atom. The molecule has 0 saturated carbocycles. The lowest BCUT2D eigenvalue weighted by atomic mass is 9.82. The van der Waals surface area contributed by atoms with Gasteiger partial charge >= 0.3 is 0 Å². The zero-order valence-corrected chi connectivity index (χ0v) is 16.5. The number of phenolic OH excluding ortho intramolecular Hbond substituents is 1. The van der Waals surface area contributed by atoms with E-state index < -0.39 is 0 Å². The van der Waals surface area contributed by atoms with Gasteiger partial charge in [0.05, 0.1) is 31.1 Å². The molecule has 0 aromatic heterocycles. The molecule has 0 saturated heterocycles. The number of nitrogens with one attached hydrogen (secondary N) is 1. The van der Waals surface area contributed by atoms with Crippen molar-refractivity contribution in [1.82, 2.24) is 0 Å². The number of ether oxygens (including phenoxy) is 2. The van der Waals surface area contributed by atoms with Crippen molar-refractivity contribution in [1.29, 1.82) is 5.41 Å². The van der Waals surface area contributed by atoms with Crippen molar-refractivity contribution in [3.63, 3.8) is 0 Å². The van der Waals surface area contributed by atoms with Gasteiger partial charge in [-0.1, -0.05) is 24.3 Å². The molecule has 0 amide bonds. The summed E-state index contributed by atoms with van der Waals surface area (Å²) in [4.78, 5) is 13.2. The smallest absolute Gasteiger partial charge is 0.196 e. The van der Waals surface area contributed by atoms with E-state index in [4.69, 9.17) is 20.6 Å². The first-order chi connectivity index (χ1) is 14.4. The number of Topliss-reactive ketones (excluding diaryl/α,β-unsaturated/α-hetero) is 1. The molecule has 0 unspecified atom stereocenters. The monoisotopic (exact) mass is 400 g/mol. The topological polar surface area (TPSA) is 106 Å². The largest absolute Gasteiger partial charge is 0.507 e. The first-order valence-electron chi connectivity index (χ1n) is 9.24. The van der Waals surface area contributed by atoms with Crippen LogP contribution in [0.15, 0.2) is 60.7 Å². The van der Waals surface area contributed by atoms with Crippen molar-refractivity contribution in [3.8, 4) is 28.4 Å². The molecule has 0 heterocycles. The van der Waals surface area contributed by atoms with Gasteiger partial charge in [-0.3, -0.25) is 4.79 Å². The summed E-state index contributed by atoms with van der Waals surface area (Å²) in [5.41, 5.74) is 8.91. The van der Waals surface area contributed by atoms with Crippen LogP contribution < -0.4 is 15.2 Å². The van der Waals surface area contributed by atoms with E-state index in [2.05, 4.69) is 0 Å². The number of ketones is 1. The van der Waals surface area contributed by atoms with Crippen LogP contribution in [0.1, 0.15) is 21.5 Å². The molecular weight excluding hydrogens is 380 g/mol. The second-order valence-corrected chi connectivity index (χ2v) is 6.87. The standard InChI is InChI=1S/C24H20N2O4/c1-29-15-7-3-13(4-8-15)17-11-19(25)22-21(23(17)27)20(26)12-18(24(22)28)14-5-9-16(30-2)10-6-14/h3-12,25,28H,26H2,1-2H3. The van der Waals surface area contributed by atoms with E-state index in [1.165, 1.54) is 6.08 Å². The van der Waals surface area contributed by atoms with Crippen molar-refractivity contribution in [2.24, 2.45) is 0 Å². The highest BCUT2D eigenvalue weighted by Crippen LogP contribution is 2.42.